The molecule has 1 aromatic carbocycles. The van der Waals surface area contributed by atoms with Gasteiger partial charge in [-0.3, -0.25) is 4.79 Å². The number of nitrogens with one attached hydrogen (secondary N) is 1. The number of amides is 1. The number of rotatable bonds is 7. The fourth-order valence-electron chi connectivity index (χ4n) is 2.24. The molecule has 1 aromatic heterocycles. The Morgan fingerprint density at radius 2 is 2.14 bits per heavy atom. The molecule has 0 fully saturated rings. The molecule has 0 saturated carbocycles. The van der Waals surface area contributed by atoms with Crippen LogP contribution in [0.1, 0.15) is 31.7 Å². The molecule has 0 bridgehead atoms. The Kier molecular flexibility index (Phi) is 5.70. The standard InChI is InChI=1S/C16H22N2O2S/c1-11(2)12(9-10-19)17-15(20)7-8-16-18-13-5-3-4-6-14(13)21-16/h3-6,11-12,19H,7-10H2,1-2H3,(H,17,20). The zero-order chi connectivity index (χ0) is 15.2. The average molecular weight is 306 g/mol. The number of carbonyl (C=O) groups excluding carboxylic acids is 1. The van der Waals surface area contributed by atoms with E-state index in [2.05, 4.69) is 10.3 Å². The molecule has 0 spiro atoms. The van der Waals surface area contributed by atoms with Crippen molar-refractivity contribution >= 4 is 27.5 Å². The quantitative estimate of drug-likeness (QED) is 0.827. The molecule has 0 aliphatic rings. The van der Waals surface area contributed by atoms with Crippen molar-refractivity contribution in [3.05, 3.63) is 29.3 Å². The van der Waals surface area contributed by atoms with Crippen LogP contribution in [-0.4, -0.2) is 28.6 Å². The van der Waals surface area contributed by atoms with Gasteiger partial charge in [-0.15, -0.1) is 11.3 Å². The number of aryl methyl sites for hydroxylation is 1. The van der Waals surface area contributed by atoms with Gasteiger partial charge in [0.05, 0.1) is 15.2 Å². The van der Waals surface area contributed by atoms with Gasteiger partial charge in [0.15, 0.2) is 0 Å². The van der Waals surface area contributed by atoms with E-state index >= 15 is 0 Å². The molecule has 0 aliphatic carbocycles. The number of thiazole rings is 1. The summed E-state index contributed by atoms with van der Waals surface area (Å²) in [5.74, 6) is 0.352. The maximum absolute atomic E-state index is 12.0. The van der Waals surface area contributed by atoms with Gasteiger partial charge in [-0.05, 0) is 24.5 Å². The Morgan fingerprint density at radius 3 is 2.81 bits per heavy atom. The van der Waals surface area contributed by atoms with Crippen LogP contribution in [-0.2, 0) is 11.2 Å². The smallest absolute Gasteiger partial charge is 0.220 e. The number of aliphatic hydroxyl groups is 1. The lowest BCUT2D eigenvalue weighted by molar-refractivity contribution is -0.122. The Labute approximate surface area is 129 Å². The van der Waals surface area contributed by atoms with E-state index in [1.807, 2.05) is 38.1 Å². The number of para-hydroxylation sites is 1. The zero-order valence-electron chi connectivity index (χ0n) is 12.5. The lowest BCUT2D eigenvalue weighted by Gasteiger charge is -2.21. The van der Waals surface area contributed by atoms with Gasteiger partial charge in [0.1, 0.15) is 0 Å². The SMILES string of the molecule is CC(C)C(CCO)NC(=O)CCc1nc2ccccc2s1. The predicted octanol–water partition coefficient (Wildman–Crippen LogP) is 2.75. The van der Waals surface area contributed by atoms with Crippen LogP contribution in [0.5, 0.6) is 0 Å². The highest BCUT2D eigenvalue weighted by Gasteiger charge is 2.15. The van der Waals surface area contributed by atoms with Gasteiger partial charge in [0.2, 0.25) is 5.91 Å². The fraction of sp³-hybridized carbons (Fsp3) is 0.500. The number of benzene rings is 1. The van der Waals surface area contributed by atoms with Gasteiger partial charge in [-0.1, -0.05) is 26.0 Å². The number of hydrogen-bond donors (Lipinski definition) is 2. The lowest BCUT2D eigenvalue weighted by atomic mass is 10.0. The largest absolute Gasteiger partial charge is 0.396 e. The second-order valence-electron chi connectivity index (χ2n) is 5.51. The van der Waals surface area contributed by atoms with Crippen molar-refractivity contribution in [1.29, 1.82) is 0 Å². The summed E-state index contributed by atoms with van der Waals surface area (Å²) in [6, 6.07) is 8.05. The number of aliphatic hydroxyl groups excluding tert-OH is 1. The minimum Gasteiger partial charge on any atom is -0.396 e. The molecule has 5 heteroatoms. The summed E-state index contributed by atoms with van der Waals surface area (Å²) >= 11 is 1.64. The average Bonchev–Trinajstić information content (AvgIpc) is 2.87. The van der Waals surface area contributed by atoms with Crippen LogP contribution in [0, 0.1) is 5.92 Å². The topological polar surface area (TPSA) is 62.2 Å². The van der Waals surface area contributed by atoms with Gasteiger partial charge < -0.3 is 10.4 Å². The first-order valence-electron chi connectivity index (χ1n) is 7.35. The molecule has 0 radical (unpaired) electrons. The van der Waals surface area contributed by atoms with Gasteiger partial charge in [-0.2, -0.15) is 0 Å². The minimum absolute atomic E-state index is 0.0291. The molecular weight excluding hydrogens is 284 g/mol. The third-order valence-electron chi connectivity index (χ3n) is 3.50. The van der Waals surface area contributed by atoms with Gasteiger partial charge in [0.25, 0.3) is 0 Å². The first-order valence-corrected chi connectivity index (χ1v) is 8.16. The molecule has 1 heterocycles. The summed E-state index contributed by atoms with van der Waals surface area (Å²) in [6.45, 7) is 4.20. The summed E-state index contributed by atoms with van der Waals surface area (Å²) in [5, 5.41) is 13.0. The second kappa shape index (κ2) is 7.52. The number of nitrogens with zero attached hydrogens (tertiary/aromatic N) is 1. The van der Waals surface area contributed by atoms with Crippen LogP contribution in [0.4, 0.5) is 0 Å². The second-order valence-corrected chi connectivity index (χ2v) is 6.62. The summed E-state index contributed by atoms with van der Waals surface area (Å²) in [4.78, 5) is 16.5. The van der Waals surface area contributed by atoms with E-state index in [4.69, 9.17) is 5.11 Å². The van der Waals surface area contributed by atoms with Crippen LogP contribution in [0.15, 0.2) is 24.3 Å². The van der Waals surface area contributed by atoms with E-state index in [0.717, 1.165) is 15.2 Å². The van der Waals surface area contributed by atoms with Crippen molar-refractivity contribution in [2.45, 2.75) is 39.2 Å². The number of fused-ring (bicyclic) bond motifs is 1. The normalized spacial score (nSPS) is 12.8. The molecule has 0 aliphatic heterocycles. The highest BCUT2D eigenvalue weighted by molar-refractivity contribution is 7.18. The Balaban J connectivity index is 1.88. The molecule has 21 heavy (non-hydrogen) atoms. The Hall–Kier alpha value is -1.46. The number of aromatic nitrogens is 1. The molecule has 114 valence electrons. The highest BCUT2D eigenvalue weighted by Crippen LogP contribution is 2.22. The predicted molar refractivity (Wildman–Crippen MR) is 86.4 cm³/mol. The van der Waals surface area contributed by atoms with E-state index in [1.54, 1.807) is 11.3 Å². The maximum Gasteiger partial charge on any atom is 0.220 e. The van der Waals surface area contributed by atoms with Crippen LogP contribution >= 0.6 is 11.3 Å². The molecular formula is C16H22N2O2S. The molecule has 2 aromatic rings. The molecule has 4 nitrogen and oxygen atoms in total. The van der Waals surface area contributed by atoms with Crippen LogP contribution in [0.3, 0.4) is 0 Å². The van der Waals surface area contributed by atoms with Crippen molar-refractivity contribution < 1.29 is 9.90 Å². The third kappa shape index (κ3) is 4.51. The molecule has 1 unspecified atom stereocenters. The first kappa shape index (κ1) is 15.9. The molecule has 0 saturated heterocycles. The molecule has 1 amide bonds. The van der Waals surface area contributed by atoms with Crippen molar-refractivity contribution in [3.63, 3.8) is 0 Å². The van der Waals surface area contributed by atoms with E-state index in [-0.39, 0.29) is 18.6 Å². The van der Waals surface area contributed by atoms with Gasteiger partial charge >= 0.3 is 0 Å². The lowest BCUT2D eigenvalue weighted by Crippen LogP contribution is -2.39. The Bertz CT molecular complexity index is 562. The van der Waals surface area contributed by atoms with Crippen LogP contribution in [0.2, 0.25) is 0 Å². The minimum atomic E-state index is 0.0291. The van der Waals surface area contributed by atoms with Crippen LogP contribution in [0.25, 0.3) is 10.2 Å². The fourth-order valence-corrected chi connectivity index (χ4v) is 3.20. The van der Waals surface area contributed by atoms with E-state index in [1.165, 1.54) is 0 Å². The van der Waals surface area contributed by atoms with Crippen molar-refractivity contribution in [3.8, 4) is 0 Å². The van der Waals surface area contributed by atoms with Crippen molar-refractivity contribution in [2.75, 3.05) is 6.61 Å². The van der Waals surface area contributed by atoms with E-state index in [0.29, 0.717) is 25.2 Å². The van der Waals surface area contributed by atoms with Gasteiger partial charge in [0, 0.05) is 25.5 Å². The monoisotopic (exact) mass is 306 g/mol. The maximum atomic E-state index is 12.0. The molecule has 2 N–H and O–H groups in total. The Morgan fingerprint density at radius 1 is 1.38 bits per heavy atom. The van der Waals surface area contributed by atoms with E-state index < -0.39 is 0 Å². The molecule has 2 rings (SSSR count). The third-order valence-corrected chi connectivity index (χ3v) is 4.59. The zero-order valence-corrected chi connectivity index (χ0v) is 13.3. The molecule has 1 atom stereocenters. The highest BCUT2D eigenvalue weighted by atomic mass is 32.1. The summed E-state index contributed by atoms with van der Waals surface area (Å²) in [5.41, 5.74) is 0.998. The van der Waals surface area contributed by atoms with Crippen molar-refractivity contribution in [1.82, 2.24) is 10.3 Å². The van der Waals surface area contributed by atoms with Gasteiger partial charge in [-0.25, -0.2) is 4.98 Å². The summed E-state index contributed by atoms with van der Waals surface area (Å²) in [6.07, 6.45) is 1.70. The van der Waals surface area contributed by atoms with Crippen LogP contribution < -0.4 is 5.32 Å². The van der Waals surface area contributed by atoms with E-state index in [9.17, 15) is 4.79 Å². The summed E-state index contributed by atoms with van der Waals surface area (Å²) in [7, 11) is 0. The van der Waals surface area contributed by atoms with Crippen molar-refractivity contribution in [2.24, 2.45) is 5.92 Å². The number of carbonyl (C=O) groups is 1. The summed E-state index contributed by atoms with van der Waals surface area (Å²) < 4.78 is 1.16. The first-order chi connectivity index (χ1) is 10.1. The number of hydrogen-bond acceptors (Lipinski definition) is 4.